The lowest BCUT2D eigenvalue weighted by Gasteiger charge is -2.36. The molecule has 1 N–H and O–H groups in total. The minimum atomic E-state index is 0.0370. The monoisotopic (exact) mass is 393 g/mol. The second-order valence-electron chi connectivity index (χ2n) is 8.18. The Labute approximate surface area is 173 Å². The van der Waals surface area contributed by atoms with Crippen LogP contribution in [0.1, 0.15) is 50.6 Å². The summed E-state index contributed by atoms with van der Waals surface area (Å²) in [5.74, 6) is 1.29. The number of benzene rings is 1. The van der Waals surface area contributed by atoms with E-state index in [0.29, 0.717) is 0 Å². The number of anilines is 2. The Bertz CT molecular complexity index is 798. The number of aromatic nitrogens is 2. The summed E-state index contributed by atoms with van der Waals surface area (Å²) in [5, 5.41) is 3.19. The van der Waals surface area contributed by atoms with Crippen LogP contribution in [0, 0.1) is 5.92 Å². The van der Waals surface area contributed by atoms with Gasteiger partial charge in [0.2, 0.25) is 5.91 Å². The minimum Gasteiger partial charge on any atom is -0.367 e. The number of amides is 1. The van der Waals surface area contributed by atoms with Crippen LogP contribution >= 0.6 is 0 Å². The zero-order valence-corrected chi connectivity index (χ0v) is 17.3. The van der Waals surface area contributed by atoms with E-state index in [0.717, 1.165) is 56.1 Å². The highest BCUT2D eigenvalue weighted by atomic mass is 16.1. The fourth-order valence-corrected chi connectivity index (χ4v) is 4.43. The van der Waals surface area contributed by atoms with E-state index < -0.39 is 0 Å². The van der Waals surface area contributed by atoms with Gasteiger partial charge in [-0.05, 0) is 44.6 Å². The Morgan fingerprint density at radius 3 is 2.48 bits per heavy atom. The largest absolute Gasteiger partial charge is 0.367 e. The first-order chi connectivity index (χ1) is 14.2. The molecule has 0 saturated carbocycles. The predicted octanol–water partition coefficient (Wildman–Crippen LogP) is 3.56. The summed E-state index contributed by atoms with van der Waals surface area (Å²) < 4.78 is 0. The van der Waals surface area contributed by atoms with Gasteiger partial charge < -0.3 is 15.1 Å². The topological polar surface area (TPSA) is 61.4 Å². The van der Waals surface area contributed by atoms with Crippen molar-refractivity contribution in [3.63, 3.8) is 0 Å². The average Bonchev–Trinajstić information content (AvgIpc) is 2.80. The average molecular weight is 394 g/mol. The predicted molar refractivity (Wildman–Crippen MR) is 116 cm³/mol. The van der Waals surface area contributed by atoms with Gasteiger partial charge >= 0.3 is 0 Å². The Balaban J connectivity index is 1.35. The number of carbonyl (C=O) groups is 1. The summed E-state index contributed by atoms with van der Waals surface area (Å²) in [6.45, 7) is 5.92. The highest BCUT2D eigenvalue weighted by Gasteiger charge is 2.28. The smallest absolute Gasteiger partial charge is 0.223 e. The lowest BCUT2D eigenvalue weighted by Crippen LogP contribution is -2.42. The first kappa shape index (κ1) is 19.7. The number of piperidine rings is 2. The maximum Gasteiger partial charge on any atom is 0.223 e. The fraction of sp³-hybridized carbons (Fsp3) is 0.522. The lowest BCUT2D eigenvalue weighted by molar-refractivity contribution is -0.126. The first-order valence-corrected chi connectivity index (χ1v) is 10.9. The van der Waals surface area contributed by atoms with Gasteiger partial charge in [-0.25, -0.2) is 9.97 Å². The molecule has 2 aromatic rings. The van der Waals surface area contributed by atoms with Gasteiger partial charge in [0.25, 0.3) is 0 Å². The third-order valence-electron chi connectivity index (χ3n) is 6.19. The SMILES string of the molecule is C[C@H](NC(=O)C1CCN(c2cncnc2N2CCCCC2)CC1)c1ccccc1. The van der Waals surface area contributed by atoms with Crippen molar-refractivity contribution in [3.8, 4) is 0 Å². The zero-order chi connectivity index (χ0) is 20.1. The molecule has 1 aromatic heterocycles. The summed E-state index contributed by atoms with van der Waals surface area (Å²) in [7, 11) is 0. The number of nitrogens with one attached hydrogen (secondary N) is 1. The van der Waals surface area contributed by atoms with E-state index in [9.17, 15) is 4.79 Å². The molecule has 0 bridgehead atoms. The van der Waals surface area contributed by atoms with E-state index in [1.807, 2.05) is 24.4 Å². The summed E-state index contributed by atoms with van der Waals surface area (Å²) >= 11 is 0. The van der Waals surface area contributed by atoms with E-state index in [2.05, 4.69) is 44.1 Å². The molecular weight excluding hydrogens is 362 g/mol. The van der Waals surface area contributed by atoms with Crippen LogP contribution in [0.25, 0.3) is 0 Å². The molecule has 154 valence electrons. The molecule has 2 fully saturated rings. The molecule has 6 heteroatoms. The van der Waals surface area contributed by atoms with E-state index in [1.54, 1.807) is 6.33 Å². The molecule has 2 saturated heterocycles. The van der Waals surface area contributed by atoms with E-state index in [1.165, 1.54) is 19.3 Å². The van der Waals surface area contributed by atoms with Gasteiger partial charge in [0.1, 0.15) is 6.33 Å². The van der Waals surface area contributed by atoms with E-state index >= 15 is 0 Å². The van der Waals surface area contributed by atoms with Crippen LogP contribution in [0.4, 0.5) is 11.5 Å². The number of rotatable bonds is 5. The van der Waals surface area contributed by atoms with Crippen molar-refractivity contribution in [2.45, 2.75) is 45.1 Å². The molecule has 1 aromatic carbocycles. The summed E-state index contributed by atoms with van der Waals surface area (Å²) in [5.41, 5.74) is 2.26. The molecule has 6 nitrogen and oxygen atoms in total. The van der Waals surface area contributed by atoms with Crippen LogP contribution in [-0.4, -0.2) is 42.1 Å². The van der Waals surface area contributed by atoms with Crippen molar-refractivity contribution in [2.24, 2.45) is 5.92 Å². The first-order valence-electron chi connectivity index (χ1n) is 10.9. The maximum absolute atomic E-state index is 12.8. The Morgan fingerprint density at radius 1 is 1.03 bits per heavy atom. The summed E-state index contributed by atoms with van der Waals surface area (Å²) in [4.78, 5) is 26.4. The minimum absolute atomic E-state index is 0.0370. The summed E-state index contributed by atoms with van der Waals surface area (Å²) in [6, 6.07) is 10.2. The van der Waals surface area contributed by atoms with Crippen molar-refractivity contribution in [2.75, 3.05) is 36.0 Å². The normalized spacial score (nSPS) is 19.1. The second kappa shape index (κ2) is 9.25. The van der Waals surface area contributed by atoms with Gasteiger partial charge in [0, 0.05) is 32.1 Å². The molecule has 1 amide bonds. The quantitative estimate of drug-likeness (QED) is 0.842. The summed E-state index contributed by atoms with van der Waals surface area (Å²) in [6.07, 6.45) is 9.08. The van der Waals surface area contributed by atoms with Gasteiger partial charge in [-0.3, -0.25) is 4.79 Å². The molecule has 29 heavy (non-hydrogen) atoms. The Morgan fingerprint density at radius 2 is 1.76 bits per heavy atom. The Kier molecular flexibility index (Phi) is 6.27. The molecule has 0 radical (unpaired) electrons. The maximum atomic E-state index is 12.8. The van der Waals surface area contributed by atoms with Gasteiger partial charge in [-0.1, -0.05) is 30.3 Å². The van der Waals surface area contributed by atoms with Crippen molar-refractivity contribution >= 4 is 17.4 Å². The number of hydrogen-bond acceptors (Lipinski definition) is 5. The Hall–Kier alpha value is -2.63. The highest BCUT2D eigenvalue weighted by Crippen LogP contribution is 2.31. The van der Waals surface area contributed by atoms with Gasteiger partial charge in [-0.15, -0.1) is 0 Å². The second-order valence-corrected chi connectivity index (χ2v) is 8.18. The van der Waals surface area contributed by atoms with E-state index in [4.69, 9.17) is 0 Å². The van der Waals surface area contributed by atoms with Crippen LogP contribution in [-0.2, 0) is 4.79 Å². The third kappa shape index (κ3) is 4.69. The number of carbonyl (C=O) groups excluding carboxylic acids is 1. The van der Waals surface area contributed by atoms with Crippen LogP contribution in [0.15, 0.2) is 42.9 Å². The molecule has 0 aliphatic carbocycles. The van der Waals surface area contributed by atoms with Gasteiger partial charge in [-0.2, -0.15) is 0 Å². The van der Waals surface area contributed by atoms with Crippen LogP contribution < -0.4 is 15.1 Å². The molecule has 4 rings (SSSR count). The fourth-order valence-electron chi connectivity index (χ4n) is 4.43. The van der Waals surface area contributed by atoms with Gasteiger partial charge in [0.15, 0.2) is 5.82 Å². The zero-order valence-electron chi connectivity index (χ0n) is 17.3. The van der Waals surface area contributed by atoms with Crippen LogP contribution in [0.3, 0.4) is 0 Å². The number of nitrogens with zero attached hydrogens (tertiary/aromatic N) is 4. The molecule has 2 aliphatic rings. The molecule has 2 aliphatic heterocycles. The number of hydrogen-bond donors (Lipinski definition) is 1. The van der Waals surface area contributed by atoms with Crippen molar-refractivity contribution < 1.29 is 4.79 Å². The van der Waals surface area contributed by atoms with Gasteiger partial charge in [0.05, 0.1) is 17.9 Å². The van der Waals surface area contributed by atoms with Crippen molar-refractivity contribution in [1.29, 1.82) is 0 Å². The van der Waals surface area contributed by atoms with Crippen LogP contribution in [0.2, 0.25) is 0 Å². The molecule has 0 spiro atoms. The molecule has 1 atom stereocenters. The van der Waals surface area contributed by atoms with Crippen molar-refractivity contribution in [3.05, 3.63) is 48.4 Å². The van der Waals surface area contributed by atoms with Crippen LogP contribution in [0.5, 0.6) is 0 Å². The van der Waals surface area contributed by atoms with E-state index in [-0.39, 0.29) is 17.9 Å². The molecule has 0 unspecified atom stereocenters. The molecular formula is C23H31N5O. The highest BCUT2D eigenvalue weighted by molar-refractivity contribution is 5.79. The lowest BCUT2D eigenvalue weighted by atomic mass is 9.95. The standard InChI is InChI=1S/C23H31N5O/c1-18(19-8-4-2-5-9-19)26-23(29)20-10-14-27(15-11-20)21-16-24-17-25-22(21)28-12-6-3-7-13-28/h2,4-5,8-9,16-18,20H,3,6-7,10-15H2,1H3,(H,26,29)/t18-/m0/s1. The third-order valence-corrected chi connectivity index (χ3v) is 6.19. The molecule has 3 heterocycles. The van der Waals surface area contributed by atoms with Crippen molar-refractivity contribution in [1.82, 2.24) is 15.3 Å².